The van der Waals surface area contributed by atoms with Crippen LogP contribution in [0.15, 0.2) is 35.5 Å². The molecule has 0 aliphatic carbocycles. The van der Waals surface area contributed by atoms with Crippen molar-refractivity contribution in [2.24, 2.45) is 4.99 Å². The second-order valence-electron chi connectivity index (χ2n) is 4.81. The van der Waals surface area contributed by atoms with Crippen LogP contribution in [0, 0.1) is 0 Å². The Labute approximate surface area is 107 Å². The van der Waals surface area contributed by atoms with Crippen molar-refractivity contribution in [2.45, 2.75) is 19.4 Å². The van der Waals surface area contributed by atoms with E-state index >= 15 is 0 Å². The van der Waals surface area contributed by atoms with Gasteiger partial charge in [-0.25, -0.2) is 0 Å². The number of fused-ring (bicyclic) bond motifs is 1. The van der Waals surface area contributed by atoms with Crippen LogP contribution in [0.1, 0.15) is 12.5 Å². The number of nitrogens with zero attached hydrogens (tertiary/aromatic N) is 1. The molecule has 3 rings (SSSR count). The van der Waals surface area contributed by atoms with E-state index in [1.54, 1.807) is 0 Å². The molecular formula is C14H18N4. The van der Waals surface area contributed by atoms with Gasteiger partial charge in [0.1, 0.15) is 0 Å². The first kappa shape index (κ1) is 11.1. The Bertz CT molecular complexity index is 570. The third-order valence-electron chi connectivity index (χ3n) is 3.23. The van der Waals surface area contributed by atoms with Crippen LogP contribution in [0.2, 0.25) is 0 Å². The highest BCUT2D eigenvalue weighted by molar-refractivity contribution is 5.82. The van der Waals surface area contributed by atoms with Crippen LogP contribution in [0.3, 0.4) is 0 Å². The predicted molar refractivity (Wildman–Crippen MR) is 74.9 cm³/mol. The Hall–Kier alpha value is -1.97. The Morgan fingerprint density at radius 1 is 1.39 bits per heavy atom. The van der Waals surface area contributed by atoms with Crippen molar-refractivity contribution < 1.29 is 0 Å². The molecule has 0 spiro atoms. The lowest BCUT2D eigenvalue weighted by Crippen LogP contribution is -2.38. The lowest BCUT2D eigenvalue weighted by Gasteiger charge is -2.08. The van der Waals surface area contributed by atoms with Gasteiger partial charge in [0.05, 0.1) is 6.54 Å². The summed E-state index contributed by atoms with van der Waals surface area (Å²) >= 11 is 0. The first-order valence-electron chi connectivity index (χ1n) is 6.42. The third kappa shape index (κ3) is 2.32. The molecule has 1 aromatic heterocycles. The van der Waals surface area contributed by atoms with Gasteiger partial charge in [-0.05, 0) is 42.5 Å². The molecule has 18 heavy (non-hydrogen) atoms. The highest BCUT2D eigenvalue weighted by Gasteiger charge is 2.11. The van der Waals surface area contributed by atoms with E-state index in [-0.39, 0.29) is 0 Å². The van der Waals surface area contributed by atoms with Gasteiger partial charge in [0.15, 0.2) is 5.96 Å². The first-order valence-corrected chi connectivity index (χ1v) is 6.42. The van der Waals surface area contributed by atoms with Gasteiger partial charge in [0, 0.05) is 24.3 Å². The zero-order valence-corrected chi connectivity index (χ0v) is 10.5. The normalized spacial score (nSPS) is 18.7. The minimum Gasteiger partial charge on any atom is -0.361 e. The van der Waals surface area contributed by atoms with Gasteiger partial charge in [-0.1, -0.05) is 6.07 Å². The van der Waals surface area contributed by atoms with Crippen LogP contribution < -0.4 is 10.6 Å². The second kappa shape index (κ2) is 4.72. The molecule has 94 valence electrons. The van der Waals surface area contributed by atoms with E-state index in [2.05, 4.69) is 51.8 Å². The second-order valence-corrected chi connectivity index (χ2v) is 4.81. The fraction of sp³-hybridized carbons (Fsp3) is 0.357. The molecule has 2 heterocycles. The average Bonchev–Trinajstić information content (AvgIpc) is 2.97. The first-order chi connectivity index (χ1) is 8.81. The van der Waals surface area contributed by atoms with Crippen molar-refractivity contribution in [2.75, 3.05) is 13.1 Å². The van der Waals surface area contributed by atoms with Gasteiger partial charge in [-0.15, -0.1) is 0 Å². The zero-order valence-electron chi connectivity index (χ0n) is 10.5. The minimum atomic E-state index is 0.462. The Balaban J connectivity index is 1.56. The topological polar surface area (TPSA) is 52.2 Å². The molecule has 0 amide bonds. The largest absolute Gasteiger partial charge is 0.361 e. The predicted octanol–water partition coefficient (Wildman–Crippen LogP) is 1.65. The van der Waals surface area contributed by atoms with E-state index < -0.39 is 0 Å². The lowest BCUT2D eigenvalue weighted by atomic mass is 10.1. The number of rotatable bonds is 3. The summed E-state index contributed by atoms with van der Waals surface area (Å²) in [6.45, 7) is 3.92. The number of benzene rings is 1. The van der Waals surface area contributed by atoms with Crippen LogP contribution in [0.4, 0.5) is 0 Å². The molecule has 0 radical (unpaired) electrons. The summed E-state index contributed by atoms with van der Waals surface area (Å²) in [6.07, 6.45) is 2.99. The van der Waals surface area contributed by atoms with Crippen molar-refractivity contribution >= 4 is 16.9 Å². The Kier molecular flexibility index (Phi) is 2.92. The number of guanidine groups is 1. The fourth-order valence-corrected chi connectivity index (χ4v) is 2.24. The van der Waals surface area contributed by atoms with E-state index in [0.29, 0.717) is 6.04 Å². The average molecular weight is 242 g/mol. The van der Waals surface area contributed by atoms with Gasteiger partial charge >= 0.3 is 0 Å². The summed E-state index contributed by atoms with van der Waals surface area (Å²) in [4.78, 5) is 7.59. The number of aliphatic imine (C=N–C) groups is 1. The summed E-state index contributed by atoms with van der Waals surface area (Å²) in [5, 5.41) is 7.91. The molecule has 1 aliphatic heterocycles. The Morgan fingerprint density at radius 3 is 3.17 bits per heavy atom. The quantitative estimate of drug-likeness (QED) is 0.766. The summed E-state index contributed by atoms with van der Waals surface area (Å²) < 4.78 is 0. The number of hydrogen-bond acceptors (Lipinski definition) is 3. The summed E-state index contributed by atoms with van der Waals surface area (Å²) in [6, 6.07) is 9.12. The highest BCUT2D eigenvalue weighted by Crippen LogP contribution is 2.14. The number of H-pyrrole nitrogens is 1. The van der Waals surface area contributed by atoms with E-state index in [9.17, 15) is 0 Å². The van der Waals surface area contributed by atoms with Crippen molar-refractivity contribution in [1.29, 1.82) is 0 Å². The van der Waals surface area contributed by atoms with E-state index in [4.69, 9.17) is 0 Å². The van der Waals surface area contributed by atoms with Crippen molar-refractivity contribution in [3.63, 3.8) is 0 Å². The van der Waals surface area contributed by atoms with Gasteiger partial charge < -0.3 is 15.6 Å². The van der Waals surface area contributed by atoms with Crippen molar-refractivity contribution in [3.8, 4) is 0 Å². The standard InChI is InChI=1S/C14H18N4/c1-10-9-17-14(18-10)16-6-4-11-2-3-13-12(8-11)5-7-15-13/h2-3,5,7-8,10,15H,4,6,9H2,1H3,(H2,16,17,18). The number of hydrogen-bond donors (Lipinski definition) is 3. The lowest BCUT2D eigenvalue weighted by molar-refractivity contribution is 0.712. The molecule has 0 saturated carbocycles. The van der Waals surface area contributed by atoms with E-state index in [1.165, 1.54) is 16.5 Å². The van der Waals surface area contributed by atoms with Gasteiger partial charge in [0.25, 0.3) is 0 Å². The SMILES string of the molecule is CC1CN=C(NCCc2ccc3[nH]ccc3c2)N1. The molecule has 1 unspecified atom stereocenters. The monoisotopic (exact) mass is 242 g/mol. The highest BCUT2D eigenvalue weighted by atomic mass is 15.2. The fourth-order valence-electron chi connectivity index (χ4n) is 2.24. The molecule has 2 aromatic rings. The van der Waals surface area contributed by atoms with Gasteiger partial charge in [-0.3, -0.25) is 4.99 Å². The minimum absolute atomic E-state index is 0.462. The van der Waals surface area contributed by atoms with Gasteiger partial charge in [0.2, 0.25) is 0 Å². The molecule has 1 aromatic carbocycles. The number of aromatic amines is 1. The van der Waals surface area contributed by atoms with Crippen LogP contribution in [0.5, 0.6) is 0 Å². The summed E-state index contributed by atoms with van der Waals surface area (Å²) in [7, 11) is 0. The van der Waals surface area contributed by atoms with Gasteiger partial charge in [-0.2, -0.15) is 0 Å². The molecule has 0 fully saturated rings. The van der Waals surface area contributed by atoms with Crippen molar-refractivity contribution in [3.05, 3.63) is 36.0 Å². The van der Waals surface area contributed by atoms with E-state index in [0.717, 1.165) is 25.5 Å². The molecule has 1 atom stereocenters. The smallest absolute Gasteiger partial charge is 0.191 e. The molecule has 1 aliphatic rings. The molecule has 0 saturated heterocycles. The number of aromatic nitrogens is 1. The molecule has 4 nitrogen and oxygen atoms in total. The van der Waals surface area contributed by atoms with Crippen LogP contribution in [0.25, 0.3) is 10.9 Å². The van der Waals surface area contributed by atoms with Crippen LogP contribution >= 0.6 is 0 Å². The maximum atomic E-state index is 4.38. The van der Waals surface area contributed by atoms with Crippen LogP contribution in [-0.2, 0) is 6.42 Å². The molecular weight excluding hydrogens is 224 g/mol. The molecule has 3 N–H and O–H groups in total. The maximum absolute atomic E-state index is 4.38. The Morgan fingerprint density at radius 2 is 2.33 bits per heavy atom. The van der Waals surface area contributed by atoms with Crippen LogP contribution in [-0.4, -0.2) is 30.1 Å². The van der Waals surface area contributed by atoms with Crippen molar-refractivity contribution in [1.82, 2.24) is 15.6 Å². The summed E-state index contributed by atoms with van der Waals surface area (Å²) in [5.41, 5.74) is 2.55. The third-order valence-corrected chi connectivity index (χ3v) is 3.23. The van der Waals surface area contributed by atoms with E-state index in [1.807, 2.05) is 6.20 Å². The molecule has 4 heteroatoms. The number of nitrogens with one attached hydrogen (secondary N) is 3. The maximum Gasteiger partial charge on any atom is 0.191 e. The summed E-state index contributed by atoms with van der Waals surface area (Å²) in [5.74, 6) is 0.935. The molecule has 0 bridgehead atoms. The zero-order chi connectivity index (χ0) is 12.4.